The Balaban J connectivity index is 2.95. The molecule has 0 radical (unpaired) electrons. The van der Waals surface area contributed by atoms with E-state index in [1.54, 1.807) is 0 Å². The second kappa shape index (κ2) is 9.83. The molecule has 0 bridgehead atoms. The van der Waals surface area contributed by atoms with Crippen molar-refractivity contribution in [3.05, 3.63) is 11.6 Å². The van der Waals surface area contributed by atoms with E-state index in [-0.39, 0.29) is 36.0 Å². The maximum atomic E-state index is 12.3. The van der Waals surface area contributed by atoms with Crippen LogP contribution in [0, 0.1) is 0 Å². The van der Waals surface area contributed by atoms with Gasteiger partial charge in [0.2, 0.25) is 5.91 Å². The Morgan fingerprint density at radius 2 is 2.00 bits per heavy atom. The molecule has 3 N–H and O–H groups in total. The van der Waals surface area contributed by atoms with Crippen LogP contribution in [-0.2, 0) is 14.3 Å². The van der Waals surface area contributed by atoms with Crippen LogP contribution in [0.15, 0.2) is 11.6 Å². The molecule has 0 spiro atoms. The number of carbonyl (C=O) groups excluding carboxylic acids is 2. The average molecular weight is 324 g/mol. The molecule has 0 aromatic carbocycles. The van der Waals surface area contributed by atoms with Crippen molar-refractivity contribution in [2.24, 2.45) is 5.73 Å². The van der Waals surface area contributed by atoms with Crippen LogP contribution in [0.2, 0.25) is 0 Å². The molecule has 5 heteroatoms. The highest BCUT2D eigenvalue weighted by atomic mass is 16.5. The van der Waals surface area contributed by atoms with Crippen molar-refractivity contribution in [3.63, 3.8) is 0 Å². The number of unbranched alkanes of at least 4 members (excludes halogenated alkanes) is 1. The van der Waals surface area contributed by atoms with Gasteiger partial charge in [-0.3, -0.25) is 9.59 Å². The summed E-state index contributed by atoms with van der Waals surface area (Å²) in [5, 5.41) is 2.89. The predicted molar refractivity (Wildman–Crippen MR) is 92.1 cm³/mol. The van der Waals surface area contributed by atoms with E-state index in [2.05, 4.69) is 26.1 Å². The van der Waals surface area contributed by atoms with Gasteiger partial charge in [-0.2, -0.15) is 0 Å². The third-order valence-electron chi connectivity index (χ3n) is 4.38. The molecule has 1 amide bonds. The van der Waals surface area contributed by atoms with E-state index in [1.807, 2.05) is 6.08 Å². The zero-order chi connectivity index (χ0) is 17.4. The summed E-state index contributed by atoms with van der Waals surface area (Å²) in [6.45, 7) is 7.69. The van der Waals surface area contributed by atoms with Gasteiger partial charge in [0.25, 0.3) is 0 Å². The fraction of sp³-hybridized carbons (Fsp3) is 0.778. The zero-order valence-electron chi connectivity index (χ0n) is 14.9. The Labute approximate surface area is 140 Å². The zero-order valence-corrected chi connectivity index (χ0v) is 14.9. The van der Waals surface area contributed by atoms with Gasteiger partial charge in [0, 0.05) is 19.4 Å². The number of amides is 1. The quantitative estimate of drug-likeness (QED) is 0.683. The molecule has 0 saturated heterocycles. The third-order valence-corrected chi connectivity index (χ3v) is 4.38. The van der Waals surface area contributed by atoms with E-state index in [0.29, 0.717) is 12.8 Å². The average Bonchev–Trinajstić information content (AvgIpc) is 2.52. The van der Waals surface area contributed by atoms with E-state index in [9.17, 15) is 9.59 Å². The van der Waals surface area contributed by atoms with Crippen molar-refractivity contribution in [3.8, 4) is 0 Å². The third kappa shape index (κ3) is 6.07. The molecule has 0 aromatic heterocycles. The van der Waals surface area contributed by atoms with Crippen molar-refractivity contribution in [1.29, 1.82) is 0 Å². The molecule has 0 unspecified atom stereocenters. The normalized spacial score (nSPS) is 24.4. The highest BCUT2D eigenvalue weighted by molar-refractivity contribution is 5.95. The van der Waals surface area contributed by atoms with E-state index in [4.69, 9.17) is 10.5 Å². The molecule has 0 fully saturated rings. The summed E-state index contributed by atoms with van der Waals surface area (Å²) in [6.07, 6.45) is 6.36. The molecular formula is C18H32N2O3. The van der Waals surface area contributed by atoms with Crippen molar-refractivity contribution in [2.45, 2.75) is 90.5 Å². The van der Waals surface area contributed by atoms with Gasteiger partial charge in [-0.25, -0.2) is 0 Å². The second-order valence-electron chi connectivity index (χ2n) is 6.35. The summed E-state index contributed by atoms with van der Waals surface area (Å²) in [5.74, 6) is 0.0273. The van der Waals surface area contributed by atoms with Crippen molar-refractivity contribution < 1.29 is 14.3 Å². The fourth-order valence-electron chi connectivity index (χ4n) is 2.95. The minimum absolute atomic E-state index is 0.102. The summed E-state index contributed by atoms with van der Waals surface area (Å²) < 4.78 is 6.14. The predicted octanol–water partition coefficient (Wildman–Crippen LogP) is 2.48. The standard InChI is InChI=1S/C18H32N2O3/c1-5-8-9-16(22)13-10-15(19)18(20-12(4)21)17(11-13)23-14(6-2)7-3/h11,14-15,17-18H,5-10,19H2,1-4H3,(H,20,21)/t15-,17+,18+/m0/s1. The first-order chi connectivity index (χ1) is 10.9. The smallest absolute Gasteiger partial charge is 0.217 e. The largest absolute Gasteiger partial charge is 0.369 e. The molecule has 0 aromatic rings. The van der Waals surface area contributed by atoms with Gasteiger partial charge in [-0.05, 0) is 37.3 Å². The number of carbonyl (C=O) groups is 2. The Bertz CT molecular complexity index is 430. The monoisotopic (exact) mass is 324 g/mol. The lowest BCUT2D eigenvalue weighted by Gasteiger charge is -2.37. The van der Waals surface area contributed by atoms with E-state index in [1.165, 1.54) is 6.92 Å². The Kier molecular flexibility index (Phi) is 8.48. The molecule has 1 rings (SSSR count). The molecule has 1 aliphatic rings. The van der Waals surface area contributed by atoms with Crippen LogP contribution in [0.1, 0.15) is 66.2 Å². The number of nitrogens with one attached hydrogen (secondary N) is 1. The van der Waals surface area contributed by atoms with Crippen LogP contribution >= 0.6 is 0 Å². The molecule has 0 heterocycles. The number of hydrogen-bond donors (Lipinski definition) is 2. The van der Waals surface area contributed by atoms with Crippen molar-refractivity contribution >= 4 is 11.7 Å². The number of nitrogens with two attached hydrogens (primary N) is 1. The summed E-state index contributed by atoms with van der Waals surface area (Å²) in [4.78, 5) is 23.8. The summed E-state index contributed by atoms with van der Waals surface area (Å²) in [5.41, 5.74) is 7.00. The van der Waals surface area contributed by atoms with Crippen LogP contribution in [0.3, 0.4) is 0 Å². The van der Waals surface area contributed by atoms with Crippen LogP contribution in [0.25, 0.3) is 0 Å². The molecule has 3 atom stereocenters. The minimum atomic E-state index is -0.340. The number of ketones is 1. The molecule has 23 heavy (non-hydrogen) atoms. The summed E-state index contributed by atoms with van der Waals surface area (Å²) in [7, 11) is 0. The first-order valence-corrected chi connectivity index (χ1v) is 8.84. The Hall–Kier alpha value is -1.20. The van der Waals surface area contributed by atoms with Crippen LogP contribution in [0.4, 0.5) is 0 Å². The highest BCUT2D eigenvalue weighted by Crippen LogP contribution is 2.24. The molecule has 0 aliphatic heterocycles. The molecular weight excluding hydrogens is 292 g/mol. The van der Waals surface area contributed by atoms with Crippen molar-refractivity contribution in [2.75, 3.05) is 0 Å². The molecule has 5 nitrogen and oxygen atoms in total. The second-order valence-corrected chi connectivity index (χ2v) is 6.35. The molecule has 132 valence electrons. The number of hydrogen-bond acceptors (Lipinski definition) is 4. The lowest BCUT2D eigenvalue weighted by atomic mass is 9.85. The number of ether oxygens (including phenoxy) is 1. The van der Waals surface area contributed by atoms with Gasteiger partial charge in [-0.1, -0.05) is 27.2 Å². The highest BCUT2D eigenvalue weighted by Gasteiger charge is 2.35. The number of rotatable bonds is 9. The molecule has 1 aliphatic carbocycles. The maximum Gasteiger partial charge on any atom is 0.217 e. The SMILES string of the molecule is CCCCC(=O)C1=C[C@@H](OC(CC)CC)[C@H](NC(C)=O)[C@@H](N)C1. The van der Waals surface area contributed by atoms with Gasteiger partial charge in [0.1, 0.15) is 0 Å². The molecule has 0 saturated carbocycles. The topological polar surface area (TPSA) is 81.4 Å². The van der Waals surface area contributed by atoms with Crippen LogP contribution < -0.4 is 11.1 Å². The maximum absolute atomic E-state index is 12.3. The lowest BCUT2D eigenvalue weighted by molar-refractivity contribution is -0.121. The van der Waals surface area contributed by atoms with E-state index < -0.39 is 0 Å². The first-order valence-electron chi connectivity index (χ1n) is 8.84. The van der Waals surface area contributed by atoms with Crippen LogP contribution in [-0.4, -0.2) is 36.0 Å². The van der Waals surface area contributed by atoms with Crippen LogP contribution in [0.5, 0.6) is 0 Å². The first kappa shape index (κ1) is 19.8. The van der Waals surface area contributed by atoms with Gasteiger partial charge >= 0.3 is 0 Å². The van der Waals surface area contributed by atoms with Crippen molar-refractivity contribution in [1.82, 2.24) is 5.32 Å². The fourth-order valence-corrected chi connectivity index (χ4v) is 2.95. The van der Waals surface area contributed by atoms with Gasteiger partial charge < -0.3 is 15.8 Å². The summed E-state index contributed by atoms with van der Waals surface area (Å²) >= 11 is 0. The van der Waals surface area contributed by atoms with E-state index >= 15 is 0 Å². The van der Waals surface area contributed by atoms with Gasteiger partial charge in [0.05, 0.1) is 18.2 Å². The van der Waals surface area contributed by atoms with Gasteiger partial charge in [0.15, 0.2) is 5.78 Å². The Morgan fingerprint density at radius 3 is 2.52 bits per heavy atom. The minimum Gasteiger partial charge on any atom is -0.369 e. The number of Topliss-reactive ketones (excluding diaryl/α,β-unsaturated/α-hetero) is 1. The summed E-state index contributed by atoms with van der Waals surface area (Å²) in [6, 6.07) is -0.584. The van der Waals surface area contributed by atoms with E-state index in [0.717, 1.165) is 31.3 Å². The lowest BCUT2D eigenvalue weighted by Crippen LogP contribution is -2.57. The Morgan fingerprint density at radius 1 is 1.35 bits per heavy atom. The van der Waals surface area contributed by atoms with Gasteiger partial charge in [-0.15, -0.1) is 0 Å².